The monoisotopic (exact) mass is 275 g/mol. The molecule has 0 heterocycles. The van der Waals surface area contributed by atoms with Gasteiger partial charge in [-0.25, -0.2) is 0 Å². The van der Waals surface area contributed by atoms with Gasteiger partial charge in [-0.3, -0.25) is 4.79 Å². The minimum atomic E-state index is 0.0974. The number of hydrogen-bond acceptors (Lipinski definition) is 2. The summed E-state index contributed by atoms with van der Waals surface area (Å²) >= 11 is 0. The highest BCUT2D eigenvalue weighted by atomic mass is 16.5. The third-order valence-corrected chi connectivity index (χ3v) is 3.91. The molecular formula is C17H25NO2. The van der Waals surface area contributed by atoms with Crippen molar-refractivity contribution in [3.05, 3.63) is 35.4 Å². The number of hydrogen-bond donors (Lipinski definition) is 1. The Balaban J connectivity index is 1.57. The minimum absolute atomic E-state index is 0.0974. The Morgan fingerprint density at radius 1 is 1.30 bits per heavy atom. The van der Waals surface area contributed by atoms with Crippen molar-refractivity contribution in [3.63, 3.8) is 0 Å². The van der Waals surface area contributed by atoms with Crippen molar-refractivity contribution >= 4 is 5.91 Å². The van der Waals surface area contributed by atoms with Gasteiger partial charge in [0.25, 0.3) is 0 Å². The molecule has 1 aromatic rings. The molecular weight excluding hydrogens is 250 g/mol. The number of amides is 1. The van der Waals surface area contributed by atoms with Crippen LogP contribution in [0.25, 0.3) is 0 Å². The van der Waals surface area contributed by atoms with Crippen LogP contribution >= 0.6 is 0 Å². The number of carbonyl (C=O) groups is 1. The summed E-state index contributed by atoms with van der Waals surface area (Å²) < 4.78 is 5.77. The lowest BCUT2D eigenvalue weighted by Gasteiger charge is -2.11. The van der Waals surface area contributed by atoms with Gasteiger partial charge in [-0.15, -0.1) is 0 Å². The molecule has 20 heavy (non-hydrogen) atoms. The van der Waals surface area contributed by atoms with E-state index >= 15 is 0 Å². The molecule has 0 aliphatic heterocycles. The molecule has 0 saturated heterocycles. The average molecular weight is 275 g/mol. The zero-order valence-electron chi connectivity index (χ0n) is 12.4. The first-order valence-electron chi connectivity index (χ1n) is 7.68. The Morgan fingerprint density at radius 3 is 2.80 bits per heavy atom. The number of aryl methyl sites for hydroxylation is 1. The van der Waals surface area contributed by atoms with E-state index in [1.165, 1.54) is 31.2 Å². The predicted molar refractivity (Wildman–Crippen MR) is 80.7 cm³/mol. The van der Waals surface area contributed by atoms with E-state index in [0.29, 0.717) is 19.1 Å². The fraction of sp³-hybridized carbons (Fsp3) is 0.588. The van der Waals surface area contributed by atoms with Crippen LogP contribution in [-0.4, -0.2) is 25.2 Å². The molecule has 3 heteroatoms. The summed E-state index contributed by atoms with van der Waals surface area (Å²) in [6.07, 6.45) is 6.86. The van der Waals surface area contributed by atoms with Crippen molar-refractivity contribution < 1.29 is 9.53 Å². The molecule has 1 aliphatic carbocycles. The maximum Gasteiger partial charge on any atom is 0.224 e. The van der Waals surface area contributed by atoms with E-state index in [1.54, 1.807) is 0 Å². The van der Waals surface area contributed by atoms with Crippen molar-refractivity contribution in [3.8, 4) is 0 Å². The topological polar surface area (TPSA) is 38.3 Å². The van der Waals surface area contributed by atoms with E-state index in [9.17, 15) is 4.79 Å². The van der Waals surface area contributed by atoms with E-state index in [1.807, 2.05) is 31.2 Å². The van der Waals surface area contributed by atoms with Gasteiger partial charge in [-0.05, 0) is 37.3 Å². The van der Waals surface area contributed by atoms with E-state index in [-0.39, 0.29) is 5.91 Å². The van der Waals surface area contributed by atoms with Crippen LogP contribution in [0.3, 0.4) is 0 Å². The Hall–Kier alpha value is -1.35. The van der Waals surface area contributed by atoms with Gasteiger partial charge in [-0.2, -0.15) is 0 Å². The molecule has 0 bridgehead atoms. The van der Waals surface area contributed by atoms with Gasteiger partial charge in [-0.1, -0.05) is 37.1 Å². The van der Waals surface area contributed by atoms with Crippen LogP contribution in [0.15, 0.2) is 24.3 Å². The quantitative estimate of drug-likeness (QED) is 0.777. The molecule has 1 N–H and O–H groups in total. The highest BCUT2D eigenvalue weighted by Crippen LogP contribution is 2.20. The van der Waals surface area contributed by atoms with Crippen LogP contribution in [-0.2, 0) is 16.0 Å². The van der Waals surface area contributed by atoms with Gasteiger partial charge in [0.1, 0.15) is 0 Å². The molecule has 1 saturated carbocycles. The molecule has 1 aromatic carbocycles. The minimum Gasteiger partial charge on any atom is -0.378 e. The number of benzene rings is 1. The first-order chi connectivity index (χ1) is 9.75. The van der Waals surface area contributed by atoms with Crippen molar-refractivity contribution in [2.75, 3.05) is 13.2 Å². The molecule has 0 unspecified atom stereocenters. The Kier molecular flexibility index (Phi) is 6.06. The molecule has 0 radical (unpaired) electrons. The predicted octanol–water partition coefficient (Wildman–Crippen LogP) is 3.00. The van der Waals surface area contributed by atoms with E-state index in [2.05, 4.69) is 5.32 Å². The van der Waals surface area contributed by atoms with Gasteiger partial charge in [0.15, 0.2) is 0 Å². The SMILES string of the molecule is Cc1ccccc1CC(=O)NCCCOC1CCCC1. The van der Waals surface area contributed by atoms with Crippen LogP contribution in [0.5, 0.6) is 0 Å². The van der Waals surface area contributed by atoms with Gasteiger partial charge in [0.05, 0.1) is 12.5 Å². The van der Waals surface area contributed by atoms with Gasteiger partial charge in [0.2, 0.25) is 5.91 Å². The number of ether oxygens (including phenoxy) is 1. The molecule has 1 aliphatic rings. The van der Waals surface area contributed by atoms with E-state index in [0.717, 1.165) is 18.6 Å². The highest BCUT2D eigenvalue weighted by Gasteiger charge is 2.14. The lowest BCUT2D eigenvalue weighted by molar-refractivity contribution is -0.120. The summed E-state index contributed by atoms with van der Waals surface area (Å²) in [5.74, 6) is 0.0974. The van der Waals surface area contributed by atoms with Crippen LogP contribution in [0.2, 0.25) is 0 Å². The Bertz CT molecular complexity index is 425. The first-order valence-corrected chi connectivity index (χ1v) is 7.68. The highest BCUT2D eigenvalue weighted by molar-refractivity contribution is 5.78. The number of carbonyl (C=O) groups excluding carboxylic acids is 1. The van der Waals surface area contributed by atoms with E-state index < -0.39 is 0 Å². The fourth-order valence-corrected chi connectivity index (χ4v) is 2.65. The largest absolute Gasteiger partial charge is 0.378 e. The lowest BCUT2D eigenvalue weighted by Crippen LogP contribution is -2.27. The Morgan fingerprint density at radius 2 is 2.05 bits per heavy atom. The van der Waals surface area contributed by atoms with Gasteiger partial charge in [0, 0.05) is 13.2 Å². The second-order valence-corrected chi connectivity index (χ2v) is 5.58. The number of rotatable bonds is 7. The Labute approximate surface area is 121 Å². The second-order valence-electron chi connectivity index (χ2n) is 5.58. The molecule has 0 atom stereocenters. The zero-order chi connectivity index (χ0) is 14.2. The molecule has 0 spiro atoms. The van der Waals surface area contributed by atoms with Crippen LogP contribution < -0.4 is 5.32 Å². The summed E-state index contributed by atoms with van der Waals surface area (Å²) in [5, 5.41) is 2.96. The molecule has 3 nitrogen and oxygen atoms in total. The third kappa shape index (κ3) is 4.97. The summed E-state index contributed by atoms with van der Waals surface area (Å²) in [5.41, 5.74) is 2.28. The first kappa shape index (κ1) is 15.0. The van der Waals surface area contributed by atoms with Crippen LogP contribution in [0.1, 0.15) is 43.2 Å². The molecule has 1 amide bonds. The van der Waals surface area contributed by atoms with Crippen LogP contribution in [0.4, 0.5) is 0 Å². The average Bonchev–Trinajstić information content (AvgIpc) is 2.94. The molecule has 110 valence electrons. The van der Waals surface area contributed by atoms with Crippen molar-refractivity contribution in [1.82, 2.24) is 5.32 Å². The standard InChI is InChI=1S/C17H25NO2/c1-14-7-2-3-8-15(14)13-17(19)18-11-6-12-20-16-9-4-5-10-16/h2-3,7-8,16H,4-6,9-13H2,1H3,(H,18,19). The third-order valence-electron chi connectivity index (χ3n) is 3.91. The van der Waals surface area contributed by atoms with Crippen molar-refractivity contribution in [2.45, 2.75) is 51.6 Å². The summed E-state index contributed by atoms with van der Waals surface area (Å²) in [6, 6.07) is 8.03. The summed E-state index contributed by atoms with van der Waals surface area (Å²) in [7, 11) is 0. The second kappa shape index (κ2) is 8.05. The van der Waals surface area contributed by atoms with E-state index in [4.69, 9.17) is 4.74 Å². The normalized spacial score (nSPS) is 15.4. The maximum absolute atomic E-state index is 11.8. The van der Waals surface area contributed by atoms with Gasteiger partial charge < -0.3 is 10.1 Å². The summed E-state index contributed by atoms with van der Waals surface area (Å²) in [6.45, 7) is 3.50. The zero-order valence-corrected chi connectivity index (χ0v) is 12.4. The lowest BCUT2D eigenvalue weighted by atomic mass is 10.1. The molecule has 2 rings (SSSR count). The van der Waals surface area contributed by atoms with Crippen molar-refractivity contribution in [2.24, 2.45) is 0 Å². The summed E-state index contributed by atoms with van der Waals surface area (Å²) in [4.78, 5) is 11.8. The smallest absolute Gasteiger partial charge is 0.224 e. The molecule has 1 fully saturated rings. The maximum atomic E-state index is 11.8. The molecule has 0 aromatic heterocycles. The van der Waals surface area contributed by atoms with Crippen molar-refractivity contribution in [1.29, 1.82) is 0 Å². The fourth-order valence-electron chi connectivity index (χ4n) is 2.65. The van der Waals surface area contributed by atoms with Crippen LogP contribution in [0, 0.1) is 6.92 Å². The van der Waals surface area contributed by atoms with Gasteiger partial charge >= 0.3 is 0 Å². The number of nitrogens with one attached hydrogen (secondary N) is 1.